The number of aromatic nitrogens is 4. The molecule has 0 saturated heterocycles. The van der Waals surface area contributed by atoms with Gasteiger partial charge in [0.1, 0.15) is 6.26 Å². The molecule has 2 aromatic carbocycles. The van der Waals surface area contributed by atoms with Gasteiger partial charge in [-0.1, -0.05) is 60.3 Å². The van der Waals surface area contributed by atoms with Crippen LogP contribution in [0.3, 0.4) is 0 Å². The van der Waals surface area contributed by atoms with Gasteiger partial charge in [-0.15, -0.1) is 10.2 Å². The zero-order chi connectivity index (χ0) is 17.1. The molecule has 2 N–H and O–H groups in total. The maximum atomic E-state index is 6.12. The van der Waals surface area contributed by atoms with E-state index in [-0.39, 0.29) is 0 Å². The van der Waals surface area contributed by atoms with Crippen molar-refractivity contribution in [1.82, 2.24) is 19.9 Å². The summed E-state index contributed by atoms with van der Waals surface area (Å²) >= 11 is 1.47. The van der Waals surface area contributed by atoms with E-state index in [9.17, 15) is 0 Å². The SMILES string of the molecule is Nn1c(SCc2coc(-c3ccccc3)n2)nnc1-c1ccccc1. The Morgan fingerprint density at radius 1 is 0.920 bits per heavy atom. The molecular formula is C18H15N5OS. The Balaban J connectivity index is 1.48. The van der Waals surface area contributed by atoms with E-state index in [0.717, 1.165) is 16.8 Å². The summed E-state index contributed by atoms with van der Waals surface area (Å²) in [5, 5.41) is 8.97. The molecular weight excluding hydrogens is 334 g/mol. The van der Waals surface area contributed by atoms with Gasteiger partial charge in [0.2, 0.25) is 11.0 Å². The predicted octanol–water partition coefficient (Wildman–Crippen LogP) is 3.61. The Labute approximate surface area is 148 Å². The van der Waals surface area contributed by atoms with Gasteiger partial charge in [-0.3, -0.25) is 0 Å². The van der Waals surface area contributed by atoms with E-state index in [0.29, 0.717) is 22.6 Å². The first-order chi connectivity index (χ1) is 12.3. The summed E-state index contributed by atoms with van der Waals surface area (Å²) in [7, 11) is 0. The second-order valence-electron chi connectivity index (χ2n) is 5.34. The van der Waals surface area contributed by atoms with Crippen molar-refractivity contribution in [2.45, 2.75) is 10.9 Å². The maximum Gasteiger partial charge on any atom is 0.226 e. The Hall–Kier alpha value is -3.06. The van der Waals surface area contributed by atoms with Crippen LogP contribution in [0.15, 0.2) is 76.5 Å². The molecule has 0 aliphatic rings. The highest BCUT2D eigenvalue weighted by Crippen LogP contribution is 2.25. The fourth-order valence-electron chi connectivity index (χ4n) is 2.38. The molecule has 0 spiro atoms. The first kappa shape index (κ1) is 15.5. The van der Waals surface area contributed by atoms with Crippen LogP contribution in [-0.2, 0) is 5.75 Å². The molecule has 0 saturated carbocycles. The summed E-state index contributed by atoms with van der Waals surface area (Å²) in [4.78, 5) is 4.50. The number of oxazole rings is 1. The highest BCUT2D eigenvalue weighted by atomic mass is 32.2. The van der Waals surface area contributed by atoms with Crippen molar-refractivity contribution in [2.24, 2.45) is 0 Å². The van der Waals surface area contributed by atoms with Gasteiger partial charge in [-0.05, 0) is 12.1 Å². The third-order valence-electron chi connectivity index (χ3n) is 3.62. The molecule has 0 aliphatic heterocycles. The van der Waals surface area contributed by atoms with Crippen LogP contribution in [0.2, 0.25) is 0 Å². The normalized spacial score (nSPS) is 10.9. The average Bonchev–Trinajstić information content (AvgIpc) is 3.28. The summed E-state index contributed by atoms with van der Waals surface area (Å²) in [6, 6.07) is 19.5. The van der Waals surface area contributed by atoms with Gasteiger partial charge >= 0.3 is 0 Å². The van der Waals surface area contributed by atoms with E-state index in [1.54, 1.807) is 6.26 Å². The second kappa shape index (κ2) is 6.82. The van der Waals surface area contributed by atoms with Gasteiger partial charge in [-0.2, -0.15) is 0 Å². The minimum Gasteiger partial charge on any atom is -0.444 e. The van der Waals surface area contributed by atoms with Gasteiger partial charge in [0, 0.05) is 16.9 Å². The summed E-state index contributed by atoms with van der Waals surface area (Å²) in [6.45, 7) is 0. The van der Waals surface area contributed by atoms with Gasteiger partial charge in [0.25, 0.3) is 0 Å². The minimum atomic E-state index is 0.598. The molecule has 0 fully saturated rings. The van der Waals surface area contributed by atoms with Gasteiger partial charge in [-0.25, -0.2) is 9.66 Å². The van der Waals surface area contributed by atoms with Crippen LogP contribution in [0.1, 0.15) is 5.69 Å². The Morgan fingerprint density at radius 3 is 2.32 bits per heavy atom. The van der Waals surface area contributed by atoms with Gasteiger partial charge in [0.15, 0.2) is 5.82 Å². The number of thioether (sulfide) groups is 1. The quantitative estimate of drug-likeness (QED) is 0.438. The summed E-state index contributed by atoms with van der Waals surface area (Å²) < 4.78 is 7.04. The van der Waals surface area contributed by atoms with Crippen molar-refractivity contribution in [2.75, 3.05) is 5.84 Å². The molecule has 0 bridgehead atoms. The number of nitrogens with two attached hydrogens (primary N) is 1. The lowest BCUT2D eigenvalue weighted by Gasteiger charge is -2.02. The van der Waals surface area contributed by atoms with E-state index < -0.39 is 0 Å². The molecule has 4 rings (SSSR count). The standard InChI is InChI=1S/C18H15N5OS/c19-23-16(13-7-3-1-4-8-13)21-22-18(23)25-12-15-11-24-17(20-15)14-9-5-2-6-10-14/h1-11H,12,19H2. The molecule has 25 heavy (non-hydrogen) atoms. The van der Waals surface area contributed by atoms with Crippen molar-refractivity contribution in [3.05, 3.63) is 72.6 Å². The fourth-order valence-corrected chi connectivity index (χ4v) is 3.12. The molecule has 0 amide bonds. The zero-order valence-corrected chi connectivity index (χ0v) is 14.1. The summed E-state index contributed by atoms with van der Waals surface area (Å²) in [5.74, 6) is 7.96. The van der Waals surface area contributed by atoms with Crippen molar-refractivity contribution in [1.29, 1.82) is 0 Å². The molecule has 2 heterocycles. The van der Waals surface area contributed by atoms with Crippen LogP contribution in [0, 0.1) is 0 Å². The van der Waals surface area contributed by atoms with Crippen LogP contribution >= 0.6 is 11.8 Å². The Bertz CT molecular complexity index is 966. The Kier molecular flexibility index (Phi) is 4.22. The van der Waals surface area contributed by atoms with Crippen molar-refractivity contribution in [3.63, 3.8) is 0 Å². The van der Waals surface area contributed by atoms with E-state index in [2.05, 4.69) is 15.2 Å². The third-order valence-corrected chi connectivity index (χ3v) is 4.59. The van der Waals surface area contributed by atoms with E-state index in [4.69, 9.17) is 10.3 Å². The summed E-state index contributed by atoms with van der Waals surface area (Å²) in [6.07, 6.45) is 1.66. The van der Waals surface area contributed by atoms with Gasteiger partial charge in [0.05, 0.1) is 5.69 Å². The Morgan fingerprint density at radius 2 is 1.60 bits per heavy atom. The first-order valence-corrected chi connectivity index (χ1v) is 8.68. The molecule has 7 heteroatoms. The molecule has 0 atom stereocenters. The van der Waals surface area contributed by atoms with Crippen LogP contribution in [0.5, 0.6) is 0 Å². The molecule has 124 valence electrons. The second-order valence-corrected chi connectivity index (χ2v) is 6.28. The number of benzene rings is 2. The van der Waals surface area contributed by atoms with Crippen LogP contribution in [-0.4, -0.2) is 19.9 Å². The highest BCUT2D eigenvalue weighted by Gasteiger charge is 2.13. The summed E-state index contributed by atoms with van der Waals surface area (Å²) in [5.41, 5.74) is 2.71. The van der Waals surface area contributed by atoms with E-state index in [1.165, 1.54) is 16.4 Å². The van der Waals surface area contributed by atoms with Crippen molar-refractivity contribution in [3.8, 4) is 22.8 Å². The van der Waals surface area contributed by atoms with Crippen molar-refractivity contribution >= 4 is 11.8 Å². The van der Waals surface area contributed by atoms with Gasteiger partial charge < -0.3 is 10.3 Å². The lowest BCUT2D eigenvalue weighted by Crippen LogP contribution is -2.11. The van der Waals surface area contributed by atoms with E-state index >= 15 is 0 Å². The maximum absolute atomic E-state index is 6.12. The third kappa shape index (κ3) is 3.27. The number of hydrogen-bond acceptors (Lipinski definition) is 6. The number of rotatable bonds is 5. The molecule has 0 aliphatic carbocycles. The molecule has 4 aromatic rings. The number of nitrogen functional groups attached to an aromatic ring is 1. The molecule has 6 nitrogen and oxygen atoms in total. The molecule has 0 unspecified atom stereocenters. The number of hydrogen-bond donors (Lipinski definition) is 1. The smallest absolute Gasteiger partial charge is 0.226 e. The topological polar surface area (TPSA) is 82.8 Å². The van der Waals surface area contributed by atoms with E-state index in [1.807, 2.05) is 60.7 Å². The number of nitrogens with zero attached hydrogens (tertiary/aromatic N) is 4. The fraction of sp³-hybridized carbons (Fsp3) is 0.0556. The lowest BCUT2D eigenvalue weighted by atomic mass is 10.2. The monoisotopic (exact) mass is 349 g/mol. The van der Waals surface area contributed by atoms with Crippen LogP contribution < -0.4 is 5.84 Å². The largest absolute Gasteiger partial charge is 0.444 e. The predicted molar refractivity (Wildman–Crippen MR) is 97.1 cm³/mol. The van der Waals surface area contributed by atoms with Crippen LogP contribution in [0.4, 0.5) is 0 Å². The minimum absolute atomic E-state index is 0.598. The average molecular weight is 349 g/mol. The molecule has 2 aromatic heterocycles. The van der Waals surface area contributed by atoms with Crippen LogP contribution in [0.25, 0.3) is 22.8 Å². The highest BCUT2D eigenvalue weighted by molar-refractivity contribution is 7.98. The van der Waals surface area contributed by atoms with Crippen molar-refractivity contribution < 1.29 is 4.42 Å². The zero-order valence-electron chi connectivity index (χ0n) is 13.2. The first-order valence-electron chi connectivity index (χ1n) is 7.70. The molecule has 0 radical (unpaired) electrons. The lowest BCUT2D eigenvalue weighted by molar-refractivity contribution is 0.573.